The van der Waals surface area contributed by atoms with Crippen LogP contribution in [0.2, 0.25) is 5.02 Å². The number of thioether (sulfide) groups is 1. The Morgan fingerprint density at radius 1 is 1.26 bits per heavy atom. The first-order valence-electron chi connectivity index (χ1n) is 5.74. The van der Waals surface area contributed by atoms with Crippen LogP contribution in [0.3, 0.4) is 0 Å². The molecule has 98 valence electrons. The summed E-state index contributed by atoms with van der Waals surface area (Å²) in [4.78, 5) is 12.4. The molecule has 2 rings (SSSR count). The molecule has 0 unspecified atom stereocenters. The maximum absolute atomic E-state index is 11.3. The predicted molar refractivity (Wildman–Crippen MR) is 85.2 cm³/mol. The Labute approximate surface area is 130 Å². The third-order valence-electron chi connectivity index (χ3n) is 2.68. The van der Waals surface area contributed by atoms with Crippen LogP contribution in [-0.2, 0) is 5.75 Å². The molecule has 0 heterocycles. The van der Waals surface area contributed by atoms with Crippen LogP contribution in [0.4, 0.5) is 0 Å². The zero-order valence-electron chi connectivity index (χ0n) is 10.3. The van der Waals surface area contributed by atoms with E-state index in [4.69, 9.17) is 11.6 Å². The first-order valence-corrected chi connectivity index (χ1v) is 7.90. The Kier molecular flexibility index (Phi) is 5.08. The second kappa shape index (κ2) is 6.60. The van der Waals surface area contributed by atoms with Gasteiger partial charge in [0.25, 0.3) is 0 Å². The molecular weight excluding hydrogens is 344 g/mol. The molecule has 0 aromatic heterocycles. The lowest BCUT2D eigenvalue weighted by atomic mass is 10.2. The molecule has 4 heteroatoms. The van der Waals surface area contributed by atoms with Crippen LogP contribution < -0.4 is 0 Å². The fraction of sp³-hybridized carbons (Fsp3) is 0.133. The monoisotopic (exact) mass is 354 g/mol. The summed E-state index contributed by atoms with van der Waals surface area (Å²) in [6.07, 6.45) is 0. The molecule has 0 aliphatic heterocycles. The number of carbonyl (C=O) groups is 1. The Morgan fingerprint density at radius 2 is 2.00 bits per heavy atom. The third kappa shape index (κ3) is 3.85. The van der Waals surface area contributed by atoms with Crippen molar-refractivity contribution in [1.82, 2.24) is 0 Å². The van der Waals surface area contributed by atoms with Crippen molar-refractivity contribution >= 4 is 45.1 Å². The number of hydrogen-bond donors (Lipinski definition) is 0. The van der Waals surface area contributed by atoms with Gasteiger partial charge >= 0.3 is 0 Å². The molecule has 0 aliphatic rings. The van der Waals surface area contributed by atoms with E-state index < -0.39 is 0 Å². The van der Waals surface area contributed by atoms with E-state index in [0.717, 1.165) is 25.7 Å². The van der Waals surface area contributed by atoms with Gasteiger partial charge in [0.1, 0.15) is 0 Å². The van der Waals surface area contributed by atoms with Gasteiger partial charge in [-0.05, 0) is 46.6 Å². The van der Waals surface area contributed by atoms with Crippen molar-refractivity contribution in [2.24, 2.45) is 0 Å². The summed E-state index contributed by atoms with van der Waals surface area (Å²) in [7, 11) is 0. The molecule has 0 bridgehead atoms. The van der Waals surface area contributed by atoms with E-state index in [1.165, 1.54) is 0 Å². The van der Waals surface area contributed by atoms with Gasteiger partial charge in [-0.25, -0.2) is 0 Å². The number of rotatable bonds is 4. The van der Waals surface area contributed by atoms with Gasteiger partial charge in [-0.3, -0.25) is 4.79 Å². The van der Waals surface area contributed by atoms with Gasteiger partial charge in [0.05, 0.1) is 0 Å². The predicted octanol–water partition coefficient (Wildman–Crippen LogP) is 5.60. The summed E-state index contributed by atoms with van der Waals surface area (Å²) >= 11 is 11.3. The summed E-state index contributed by atoms with van der Waals surface area (Å²) in [5.41, 5.74) is 1.82. The first kappa shape index (κ1) is 14.6. The molecule has 2 aromatic rings. The van der Waals surface area contributed by atoms with Crippen molar-refractivity contribution < 1.29 is 4.79 Å². The van der Waals surface area contributed by atoms with E-state index in [1.807, 2.05) is 42.5 Å². The molecule has 0 saturated carbocycles. The smallest absolute Gasteiger partial charge is 0.159 e. The van der Waals surface area contributed by atoms with E-state index in [0.29, 0.717) is 5.56 Å². The fourth-order valence-corrected chi connectivity index (χ4v) is 3.54. The van der Waals surface area contributed by atoms with Gasteiger partial charge in [0.15, 0.2) is 5.78 Å². The van der Waals surface area contributed by atoms with Crippen LogP contribution in [0.5, 0.6) is 0 Å². The van der Waals surface area contributed by atoms with Gasteiger partial charge in [-0.2, -0.15) is 0 Å². The molecule has 19 heavy (non-hydrogen) atoms. The normalized spacial score (nSPS) is 10.5. The summed E-state index contributed by atoms with van der Waals surface area (Å²) in [6, 6.07) is 13.5. The van der Waals surface area contributed by atoms with Gasteiger partial charge in [-0.15, -0.1) is 11.8 Å². The molecule has 0 aliphatic carbocycles. The van der Waals surface area contributed by atoms with Crippen LogP contribution in [0, 0.1) is 0 Å². The summed E-state index contributed by atoms with van der Waals surface area (Å²) in [5, 5.41) is 0.784. The number of halogens is 2. The molecule has 1 nitrogen and oxygen atoms in total. The summed E-state index contributed by atoms with van der Waals surface area (Å²) in [6.45, 7) is 1.57. The number of benzene rings is 2. The van der Waals surface area contributed by atoms with Crippen molar-refractivity contribution in [2.75, 3.05) is 0 Å². The zero-order chi connectivity index (χ0) is 13.8. The highest BCUT2D eigenvalue weighted by Crippen LogP contribution is 2.32. The maximum atomic E-state index is 11.3. The molecule has 0 atom stereocenters. The highest BCUT2D eigenvalue weighted by molar-refractivity contribution is 9.10. The van der Waals surface area contributed by atoms with Gasteiger partial charge in [-0.1, -0.05) is 35.9 Å². The lowest BCUT2D eigenvalue weighted by Gasteiger charge is -2.07. The minimum Gasteiger partial charge on any atom is -0.295 e. The van der Waals surface area contributed by atoms with E-state index in [-0.39, 0.29) is 5.78 Å². The van der Waals surface area contributed by atoms with Crippen molar-refractivity contribution in [1.29, 1.82) is 0 Å². The van der Waals surface area contributed by atoms with E-state index >= 15 is 0 Å². The van der Waals surface area contributed by atoms with E-state index in [1.54, 1.807) is 18.7 Å². The minimum atomic E-state index is 0.0725. The molecule has 0 spiro atoms. The molecular formula is C15H12BrClOS. The zero-order valence-corrected chi connectivity index (χ0v) is 13.5. The summed E-state index contributed by atoms with van der Waals surface area (Å²) in [5.74, 6) is 0.876. The second-order valence-corrected chi connectivity index (χ2v) is 6.36. The SMILES string of the molecule is CC(=O)c1ccc(SCc2ccccc2Cl)c(Br)c1. The summed E-state index contributed by atoms with van der Waals surface area (Å²) < 4.78 is 0.942. The van der Waals surface area contributed by atoms with Crippen LogP contribution in [0.15, 0.2) is 51.8 Å². The van der Waals surface area contributed by atoms with Crippen molar-refractivity contribution in [3.63, 3.8) is 0 Å². The van der Waals surface area contributed by atoms with Gasteiger partial charge in [0, 0.05) is 25.7 Å². The van der Waals surface area contributed by atoms with Crippen LogP contribution >= 0.6 is 39.3 Å². The van der Waals surface area contributed by atoms with Gasteiger partial charge < -0.3 is 0 Å². The molecule has 0 saturated heterocycles. The maximum Gasteiger partial charge on any atom is 0.159 e. The Hall–Kier alpha value is -0.770. The lowest BCUT2D eigenvalue weighted by molar-refractivity contribution is 0.101. The number of carbonyl (C=O) groups excluding carboxylic acids is 1. The average molecular weight is 356 g/mol. The number of Topliss-reactive ketones (excluding diaryl/α,β-unsaturated/α-hetero) is 1. The lowest BCUT2D eigenvalue weighted by Crippen LogP contribution is -1.92. The standard InChI is InChI=1S/C15H12BrClOS/c1-10(18)11-6-7-15(13(16)8-11)19-9-12-4-2-3-5-14(12)17/h2-8H,9H2,1H3. The third-order valence-corrected chi connectivity index (χ3v) is 5.09. The Bertz CT molecular complexity index is 613. The van der Waals surface area contributed by atoms with Crippen LogP contribution in [-0.4, -0.2) is 5.78 Å². The van der Waals surface area contributed by atoms with Crippen molar-refractivity contribution in [2.45, 2.75) is 17.6 Å². The second-order valence-electron chi connectivity index (χ2n) is 4.08. The van der Waals surface area contributed by atoms with Crippen molar-refractivity contribution in [3.8, 4) is 0 Å². The highest BCUT2D eigenvalue weighted by atomic mass is 79.9. The molecule has 0 amide bonds. The van der Waals surface area contributed by atoms with E-state index in [2.05, 4.69) is 15.9 Å². The topological polar surface area (TPSA) is 17.1 Å². The van der Waals surface area contributed by atoms with Crippen molar-refractivity contribution in [3.05, 3.63) is 63.1 Å². The number of ketones is 1. The van der Waals surface area contributed by atoms with Crippen LogP contribution in [0.25, 0.3) is 0 Å². The van der Waals surface area contributed by atoms with Gasteiger partial charge in [0.2, 0.25) is 0 Å². The quantitative estimate of drug-likeness (QED) is 0.524. The van der Waals surface area contributed by atoms with Crippen LogP contribution in [0.1, 0.15) is 22.8 Å². The molecule has 0 fully saturated rings. The first-order chi connectivity index (χ1) is 9.08. The Morgan fingerprint density at radius 3 is 2.63 bits per heavy atom. The molecule has 2 aromatic carbocycles. The largest absolute Gasteiger partial charge is 0.295 e. The Balaban J connectivity index is 2.12. The fourth-order valence-electron chi connectivity index (χ4n) is 1.61. The van der Waals surface area contributed by atoms with E-state index in [9.17, 15) is 4.79 Å². The highest BCUT2D eigenvalue weighted by Gasteiger charge is 2.06. The molecule has 0 radical (unpaired) electrons. The molecule has 0 N–H and O–H groups in total. The average Bonchev–Trinajstić information content (AvgIpc) is 2.39. The number of hydrogen-bond acceptors (Lipinski definition) is 2. The minimum absolute atomic E-state index is 0.0725.